The van der Waals surface area contributed by atoms with Gasteiger partial charge in [-0.05, 0) is 25.0 Å². The number of aromatic nitrogens is 3. The monoisotopic (exact) mass is 435 g/mol. The number of nitrogens with one attached hydrogen (secondary N) is 1. The van der Waals surface area contributed by atoms with Gasteiger partial charge in [0, 0.05) is 51.5 Å². The fourth-order valence-corrected chi connectivity index (χ4v) is 4.21. The van der Waals surface area contributed by atoms with Crippen LogP contribution in [0.1, 0.15) is 42.3 Å². The van der Waals surface area contributed by atoms with Gasteiger partial charge in [-0.3, -0.25) is 4.68 Å². The number of carbonyl (C=O) groups is 1. The summed E-state index contributed by atoms with van der Waals surface area (Å²) in [4.78, 5) is 19.7. The maximum Gasteiger partial charge on any atom is 0.317 e. The first-order valence-electron chi connectivity index (χ1n) is 10.3. The maximum absolute atomic E-state index is 13.3. The van der Waals surface area contributed by atoms with Gasteiger partial charge in [-0.15, -0.1) is 0 Å². The number of rotatable bonds is 4. The van der Waals surface area contributed by atoms with Gasteiger partial charge in [0.05, 0.1) is 18.3 Å². The van der Waals surface area contributed by atoms with Crippen molar-refractivity contribution in [2.45, 2.75) is 38.3 Å². The van der Waals surface area contributed by atoms with Crippen LogP contribution < -0.4 is 16.0 Å². The number of fused-ring (bicyclic) bond motifs is 1. The Morgan fingerprint density at radius 1 is 1.35 bits per heavy atom. The maximum atomic E-state index is 13.3. The summed E-state index contributed by atoms with van der Waals surface area (Å²) < 4.78 is 34.2. The van der Waals surface area contributed by atoms with Crippen LogP contribution in [0.15, 0.2) is 12.1 Å². The summed E-state index contributed by atoms with van der Waals surface area (Å²) in [5, 5.41) is 7.54. The lowest BCUT2D eigenvalue weighted by Gasteiger charge is -2.30. The summed E-state index contributed by atoms with van der Waals surface area (Å²) in [5.74, 6) is 0.925. The Bertz CT molecular complexity index is 959. The molecule has 2 amide bonds. The molecular weight excluding hydrogens is 408 g/mol. The third kappa shape index (κ3) is 4.01. The Labute approximate surface area is 179 Å². The van der Waals surface area contributed by atoms with E-state index < -0.39 is 12.1 Å². The Morgan fingerprint density at radius 2 is 2.10 bits per heavy atom. The normalized spacial score (nSPS) is 17.0. The summed E-state index contributed by atoms with van der Waals surface area (Å²) in [6.07, 6.45) is -0.401. The molecule has 11 heteroatoms. The van der Waals surface area contributed by atoms with Crippen molar-refractivity contribution in [3.8, 4) is 0 Å². The zero-order chi connectivity index (χ0) is 22.1. The summed E-state index contributed by atoms with van der Waals surface area (Å²) >= 11 is 0. The minimum Gasteiger partial charge on any atom is -0.397 e. The Kier molecular flexibility index (Phi) is 5.94. The molecular formula is C20H27F2N7O2. The van der Waals surface area contributed by atoms with Crippen LogP contribution in [0.5, 0.6) is 0 Å². The van der Waals surface area contributed by atoms with Gasteiger partial charge in [0.2, 0.25) is 0 Å². The number of halogens is 2. The minimum absolute atomic E-state index is 0.0484. The highest BCUT2D eigenvalue weighted by molar-refractivity contribution is 5.75. The fourth-order valence-electron chi connectivity index (χ4n) is 4.21. The van der Waals surface area contributed by atoms with E-state index >= 15 is 0 Å². The molecule has 0 saturated carbocycles. The number of nitrogen functional groups attached to an aromatic ring is 1. The van der Waals surface area contributed by atoms with Gasteiger partial charge in [0.15, 0.2) is 5.82 Å². The number of hydrogen-bond donors (Lipinski definition) is 2. The molecule has 2 aromatic rings. The first kappa shape index (κ1) is 21.3. The Morgan fingerprint density at radius 3 is 2.77 bits per heavy atom. The van der Waals surface area contributed by atoms with Gasteiger partial charge < -0.3 is 25.6 Å². The van der Waals surface area contributed by atoms with E-state index in [4.69, 9.17) is 15.6 Å². The van der Waals surface area contributed by atoms with Crippen molar-refractivity contribution in [3.63, 3.8) is 0 Å². The van der Waals surface area contributed by atoms with Crippen LogP contribution in [0.3, 0.4) is 0 Å². The Hall–Kier alpha value is -2.95. The smallest absolute Gasteiger partial charge is 0.317 e. The lowest BCUT2D eigenvalue weighted by Crippen LogP contribution is -2.41. The van der Waals surface area contributed by atoms with Gasteiger partial charge in [-0.25, -0.2) is 18.6 Å². The molecule has 2 aliphatic rings. The SMILES string of the molecule is CNC(=O)N1CCc2c(c(N(C)c3ccc(N)c(C(F)F)n3)nn2C2CCOCC2)C1. The number of amides is 2. The van der Waals surface area contributed by atoms with Gasteiger partial charge >= 0.3 is 6.03 Å². The number of nitrogens with zero attached hydrogens (tertiary/aromatic N) is 5. The number of urea groups is 1. The molecule has 31 heavy (non-hydrogen) atoms. The first-order valence-corrected chi connectivity index (χ1v) is 10.3. The second-order valence-corrected chi connectivity index (χ2v) is 7.77. The van der Waals surface area contributed by atoms with Crippen LogP contribution in [0.4, 0.5) is 30.9 Å². The van der Waals surface area contributed by atoms with Crippen LogP contribution in [0.25, 0.3) is 0 Å². The van der Waals surface area contributed by atoms with Crippen molar-refractivity contribution in [2.75, 3.05) is 44.5 Å². The van der Waals surface area contributed by atoms with E-state index in [0.29, 0.717) is 44.4 Å². The van der Waals surface area contributed by atoms with Crippen LogP contribution in [-0.2, 0) is 17.7 Å². The van der Waals surface area contributed by atoms with Gasteiger partial charge in [0.25, 0.3) is 6.43 Å². The van der Waals surface area contributed by atoms with Gasteiger partial charge in [-0.2, -0.15) is 5.10 Å². The summed E-state index contributed by atoms with van der Waals surface area (Å²) in [7, 11) is 3.34. The van der Waals surface area contributed by atoms with E-state index in [-0.39, 0.29) is 17.8 Å². The average Bonchev–Trinajstić information content (AvgIpc) is 3.17. The predicted molar refractivity (Wildman–Crippen MR) is 112 cm³/mol. The molecule has 1 fully saturated rings. The van der Waals surface area contributed by atoms with Crippen molar-refractivity contribution in [1.82, 2.24) is 25.0 Å². The van der Waals surface area contributed by atoms with Crippen LogP contribution >= 0.6 is 0 Å². The fraction of sp³-hybridized carbons (Fsp3) is 0.550. The third-order valence-corrected chi connectivity index (χ3v) is 5.91. The highest BCUT2D eigenvalue weighted by Gasteiger charge is 2.32. The van der Waals surface area contributed by atoms with Crippen molar-refractivity contribution in [2.24, 2.45) is 0 Å². The number of hydrogen-bond acceptors (Lipinski definition) is 6. The molecule has 0 bridgehead atoms. The van der Waals surface area contributed by atoms with Crippen molar-refractivity contribution < 1.29 is 18.3 Å². The van der Waals surface area contributed by atoms with Crippen molar-refractivity contribution in [3.05, 3.63) is 29.1 Å². The third-order valence-electron chi connectivity index (χ3n) is 5.91. The number of anilines is 3. The molecule has 0 atom stereocenters. The molecule has 0 aromatic carbocycles. The molecule has 2 aromatic heterocycles. The van der Waals surface area contributed by atoms with Crippen LogP contribution in [0, 0.1) is 0 Å². The van der Waals surface area contributed by atoms with Gasteiger partial charge in [0.1, 0.15) is 11.5 Å². The Balaban J connectivity index is 1.75. The predicted octanol–water partition coefficient (Wildman–Crippen LogP) is 2.61. The molecule has 4 heterocycles. The topological polar surface area (TPSA) is 102 Å². The van der Waals surface area contributed by atoms with E-state index in [2.05, 4.69) is 10.3 Å². The minimum atomic E-state index is -2.77. The molecule has 4 rings (SSSR count). The molecule has 0 unspecified atom stereocenters. The van der Waals surface area contributed by atoms with E-state index in [0.717, 1.165) is 24.1 Å². The van der Waals surface area contributed by atoms with E-state index in [1.165, 1.54) is 6.07 Å². The summed E-state index contributed by atoms with van der Waals surface area (Å²) in [6, 6.07) is 3.07. The zero-order valence-corrected chi connectivity index (χ0v) is 17.6. The van der Waals surface area contributed by atoms with Gasteiger partial charge in [-0.1, -0.05) is 0 Å². The molecule has 9 nitrogen and oxygen atoms in total. The summed E-state index contributed by atoms with van der Waals surface area (Å²) in [5.41, 5.74) is 7.14. The van der Waals surface area contributed by atoms with Crippen LogP contribution in [-0.4, -0.2) is 59.5 Å². The number of alkyl halides is 2. The second kappa shape index (κ2) is 8.66. The van der Waals surface area contributed by atoms with Crippen molar-refractivity contribution in [1.29, 1.82) is 0 Å². The molecule has 2 aliphatic heterocycles. The second-order valence-electron chi connectivity index (χ2n) is 7.77. The molecule has 168 valence electrons. The van der Waals surface area contributed by atoms with Crippen LogP contribution in [0.2, 0.25) is 0 Å². The number of carbonyl (C=O) groups excluding carboxylic acids is 1. The number of nitrogens with two attached hydrogens (primary N) is 1. The molecule has 0 radical (unpaired) electrons. The number of ether oxygens (including phenoxy) is 1. The lowest BCUT2D eigenvalue weighted by atomic mass is 10.0. The van der Waals surface area contributed by atoms with E-state index in [1.54, 1.807) is 30.0 Å². The molecule has 1 saturated heterocycles. The molecule has 3 N–H and O–H groups in total. The number of pyridine rings is 1. The molecule has 0 aliphatic carbocycles. The zero-order valence-electron chi connectivity index (χ0n) is 17.6. The summed E-state index contributed by atoms with van der Waals surface area (Å²) in [6.45, 7) is 2.31. The largest absolute Gasteiger partial charge is 0.397 e. The van der Waals surface area contributed by atoms with E-state index in [1.807, 2.05) is 4.68 Å². The van der Waals surface area contributed by atoms with E-state index in [9.17, 15) is 13.6 Å². The lowest BCUT2D eigenvalue weighted by molar-refractivity contribution is 0.0651. The standard InChI is InChI=1S/C20H27F2N7O2/c1-24-20(30)28-8-5-15-13(11-28)19(26-29(15)12-6-9-31-10-7-12)27(2)16-4-3-14(23)17(25-16)18(21)22/h3-4,12,18H,5-11,23H2,1-2H3,(H,24,30). The molecule has 0 spiro atoms. The van der Waals surface area contributed by atoms with Crippen molar-refractivity contribution >= 4 is 23.4 Å². The quantitative estimate of drug-likeness (QED) is 0.766. The first-order chi connectivity index (χ1) is 14.9. The average molecular weight is 435 g/mol. The highest BCUT2D eigenvalue weighted by atomic mass is 19.3. The highest BCUT2D eigenvalue weighted by Crippen LogP contribution is 2.36.